The Morgan fingerprint density at radius 3 is 2.58 bits per heavy atom. The highest BCUT2D eigenvalue weighted by molar-refractivity contribution is 7.92. The van der Waals surface area contributed by atoms with Crippen molar-refractivity contribution in [2.45, 2.75) is 35.3 Å². The number of alkyl halides is 3. The third-order valence-corrected chi connectivity index (χ3v) is 8.39. The van der Waals surface area contributed by atoms with Crippen molar-refractivity contribution in [1.29, 1.82) is 5.26 Å². The third-order valence-electron chi connectivity index (χ3n) is 6.23. The van der Waals surface area contributed by atoms with Gasteiger partial charge in [0.2, 0.25) is 5.82 Å². The lowest BCUT2D eigenvalue weighted by Crippen LogP contribution is -2.59. The molecule has 2 aromatic rings. The smallest absolute Gasteiger partial charge is 0.379 e. The minimum atomic E-state index is -4.80. The zero-order valence-electron chi connectivity index (χ0n) is 17.8. The maximum atomic E-state index is 13.6. The predicted octanol–water partition coefficient (Wildman–Crippen LogP) is 2.47. The molecule has 0 radical (unpaired) electrons. The Hall–Kier alpha value is -2.75. The SMILES string of the molecule is C[C@]1(N2CCOCC2)C[C@H](S(=O)(=O)c2ccccc2C(F)(F)F)CN1c1ccnc(C#N)n1. The normalized spacial score (nSPS) is 24.6. The summed E-state index contributed by atoms with van der Waals surface area (Å²) in [6.07, 6.45) is -3.33. The van der Waals surface area contributed by atoms with Crippen molar-refractivity contribution >= 4 is 15.7 Å². The van der Waals surface area contributed by atoms with Crippen LogP contribution in [0.2, 0.25) is 0 Å². The molecule has 12 heteroatoms. The molecule has 1 aromatic heterocycles. The molecule has 33 heavy (non-hydrogen) atoms. The predicted molar refractivity (Wildman–Crippen MR) is 112 cm³/mol. The number of ether oxygens (including phenoxy) is 1. The molecule has 0 unspecified atom stereocenters. The van der Waals surface area contributed by atoms with Gasteiger partial charge in [-0.05, 0) is 25.1 Å². The molecule has 0 amide bonds. The highest BCUT2D eigenvalue weighted by Crippen LogP contribution is 2.42. The Morgan fingerprint density at radius 2 is 1.91 bits per heavy atom. The number of hydrogen-bond donors (Lipinski definition) is 0. The minimum absolute atomic E-state index is 0.0629. The number of anilines is 1. The number of aromatic nitrogens is 2. The lowest BCUT2D eigenvalue weighted by molar-refractivity contribution is -0.139. The maximum absolute atomic E-state index is 13.6. The van der Waals surface area contributed by atoms with Crippen molar-refractivity contribution in [2.75, 3.05) is 37.7 Å². The van der Waals surface area contributed by atoms with E-state index in [1.807, 2.05) is 13.0 Å². The second-order valence-corrected chi connectivity index (χ2v) is 10.3. The molecule has 0 spiro atoms. The number of hydrogen-bond acceptors (Lipinski definition) is 8. The fraction of sp³-hybridized carbons (Fsp3) is 0.476. The van der Waals surface area contributed by atoms with Crippen LogP contribution in [0.3, 0.4) is 0 Å². The maximum Gasteiger partial charge on any atom is 0.417 e. The molecule has 8 nitrogen and oxygen atoms in total. The van der Waals surface area contributed by atoms with Crippen LogP contribution in [-0.2, 0) is 20.8 Å². The molecular formula is C21H22F3N5O3S. The Morgan fingerprint density at radius 1 is 1.21 bits per heavy atom. The number of sulfone groups is 1. The van der Waals surface area contributed by atoms with Crippen LogP contribution in [0.15, 0.2) is 41.4 Å². The van der Waals surface area contributed by atoms with Crippen LogP contribution in [-0.4, -0.2) is 67.0 Å². The summed E-state index contributed by atoms with van der Waals surface area (Å²) in [7, 11) is -4.35. The van der Waals surface area contributed by atoms with E-state index < -0.39 is 37.4 Å². The van der Waals surface area contributed by atoms with Crippen LogP contribution in [0.5, 0.6) is 0 Å². The van der Waals surface area contributed by atoms with Crippen molar-refractivity contribution in [3.63, 3.8) is 0 Å². The number of halogens is 3. The summed E-state index contributed by atoms with van der Waals surface area (Å²) in [4.78, 5) is 11.2. The van der Waals surface area contributed by atoms with Crippen LogP contribution in [0.25, 0.3) is 0 Å². The van der Waals surface area contributed by atoms with Crippen LogP contribution in [0.1, 0.15) is 24.7 Å². The zero-order valence-corrected chi connectivity index (χ0v) is 18.6. The molecule has 2 saturated heterocycles. The fourth-order valence-corrected chi connectivity index (χ4v) is 6.58. The fourth-order valence-electron chi connectivity index (χ4n) is 4.58. The van der Waals surface area contributed by atoms with E-state index in [1.165, 1.54) is 18.3 Å². The van der Waals surface area contributed by atoms with Crippen molar-refractivity contribution in [1.82, 2.24) is 14.9 Å². The third kappa shape index (κ3) is 4.28. The molecule has 0 N–H and O–H groups in total. The zero-order chi connectivity index (χ0) is 23.9. The summed E-state index contributed by atoms with van der Waals surface area (Å²) in [5.74, 6) is 0.267. The van der Waals surface area contributed by atoms with Crippen molar-refractivity contribution in [3.8, 4) is 6.07 Å². The summed E-state index contributed by atoms with van der Waals surface area (Å²) < 4.78 is 73.2. The molecular weight excluding hydrogens is 459 g/mol. The standard InChI is InChI=1S/C21H22F3N5O3S/c1-20(28-8-10-32-11-9-28)12-15(14-29(20)19-6-7-26-18(13-25)27-19)33(30,31)17-5-3-2-4-16(17)21(22,23)24/h2-7,15H,8-12,14H2,1H3/t15-,20+/m0/s1. The Bertz CT molecular complexity index is 1180. The molecule has 0 saturated carbocycles. The van der Waals surface area contributed by atoms with Crippen molar-refractivity contribution in [3.05, 3.63) is 47.9 Å². The van der Waals surface area contributed by atoms with Gasteiger partial charge in [0.1, 0.15) is 11.9 Å². The van der Waals surface area contributed by atoms with Gasteiger partial charge >= 0.3 is 6.18 Å². The van der Waals surface area contributed by atoms with E-state index in [4.69, 9.17) is 4.74 Å². The Labute approximate surface area is 189 Å². The summed E-state index contributed by atoms with van der Waals surface area (Å²) in [5.41, 5.74) is -2.04. The quantitative estimate of drug-likeness (QED) is 0.657. The second kappa shape index (κ2) is 8.55. The van der Waals surface area contributed by atoms with E-state index in [1.54, 1.807) is 11.0 Å². The molecule has 2 fully saturated rings. The van der Waals surface area contributed by atoms with E-state index in [2.05, 4.69) is 14.9 Å². The summed E-state index contributed by atoms with van der Waals surface area (Å²) in [6.45, 7) is 3.71. The average molecular weight is 482 g/mol. The number of nitriles is 1. The molecule has 0 bridgehead atoms. The molecule has 2 aliphatic rings. The van der Waals surface area contributed by atoms with E-state index >= 15 is 0 Å². The summed E-state index contributed by atoms with van der Waals surface area (Å²) in [5, 5.41) is 8.08. The van der Waals surface area contributed by atoms with Gasteiger partial charge < -0.3 is 9.64 Å². The molecule has 2 aliphatic heterocycles. The van der Waals surface area contributed by atoms with Gasteiger partial charge in [-0.3, -0.25) is 4.90 Å². The number of benzene rings is 1. The first-order valence-electron chi connectivity index (χ1n) is 10.3. The summed E-state index contributed by atoms with van der Waals surface area (Å²) >= 11 is 0. The van der Waals surface area contributed by atoms with E-state index in [9.17, 15) is 26.9 Å². The number of rotatable bonds is 4. The average Bonchev–Trinajstić information content (AvgIpc) is 3.19. The Kier molecular flexibility index (Phi) is 6.07. The number of morpholine rings is 1. The van der Waals surface area contributed by atoms with Crippen LogP contribution < -0.4 is 4.90 Å². The van der Waals surface area contributed by atoms with Gasteiger partial charge in [-0.1, -0.05) is 12.1 Å². The van der Waals surface area contributed by atoms with Gasteiger partial charge in [0.05, 0.1) is 34.6 Å². The lowest BCUT2D eigenvalue weighted by Gasteiger charge is -2.46. The van der Waals surface area contributed by atoms with E-state index in [0.29, 0.717) is 32.1 Å². The topological polar surface area (TPSA) is 99.4 Å². The number of nitrogens with zero attached hydrogens (tertiary/aromatic N) is 5. The first-order chi connectivity index (χ1) is 15.6. The highest BCUT2D eigenvalue weighted by Gasteiger charge is 2.52. The molecule has 4 rings (SSSR count). The van der Waals surface area contributed by atoms with Gasteiger partial charge in [-0.15, -0.1) is 0 Å². The van der Waals surface area contributed by atoms with Gasteiger partial charge in [0.25, 0.3) is 0 Å². The first-order valence-corrected chi connectivity index (χ1v) is 11.9. The lowest BCUT2D eigenvalue weighted by atomic mass is 10.1. The molecule has 176 valence electrons. The van der Waals surface area contributed by atoms with Gasteiger partial charge in [-0.25, -0.2) is 18.4 Å². The van der Waals surface area contributed by atoms with Gasteiger partial charge in [-0.2, -0.15) is 18.4 Å². The summed E-state index contributed by atoms with van der Waals surface area (Å²) in [6, 6.07) is 7.68. The van der Waals surface area contributed by atoms with Gasteiger partial charge in [0, 0.05) is 32.3 Å². The first kappa shape index (κ1) is 23.4. The van der Waals surface area contributed by atoms with E-state index in [-0.39, 0.29) is 18.8 Å². The van der Waals surface area contributed by atoms with Crippen molar-refractivity contribution < 1.29 is 26.3 Å². The van der Waals surface area contributed by atoms with Crippen molar-refractivity contribution in [2.24, 2.45) is 0 Å². The monoisotopic (exact) mass is 481 g/mol. The molecule has 1 aromatic carbocycles. The molecule has 0 aliphatic carbocycles. The van der Waals surface area contributed by atoms with Crippen LogP contribution >= 0.6 is 0 Å². The second-order valence-electron chi connectivity index (χ2n) is 8.14. The van der Waals surface area contributed by atoms with Gasteiger partial charge in [0.15, 0.2) is 9.84 Å². The van der Waals surface area contributed by atoms with E-state index in [0.717, 1.165) is 12.1 Å². The highest BCUT2D eigenvalue weighted by atomic mass is 32.2. The molecule has 3 heterocycles. The van der Waals surface area contributed by atoms with Crippen LogP contribution in [0, 0.1) is 11.3 Å². The Balaban J connectivity index is 1.78. The minimum Gasteiger partial charge on any atom is -0.379 e. The largest absolute Gasteiger partial charge is 0.417 e. The van der Waals surface area contributed by atoms with Crippen LogP contribution in [0.4, 0.5) is 19.0 Å². The molecule has 2 atom stereocenters.